The summed E-state index contributed by atoms with van der Waals surface area (Å²) in [6.07, 6.45) is 2.25. The van der Waals surface area contributed by atoms with Crippen LogP contribution in [0.15, 0.2) is 0 Å². The molecule has 3 nitrogen and oxygen atoms in total. The Morgan fingerprint density at radius 3 is 2.42 bits per heavy atom. The lowest BCUT2D eigenvalue weighted by Crippen LogP contribution is -2.29. The van der Waals surface area contributed by atoms with Crippen molar-refractivity contribution in [2.45, 2.75) is 59.0 Å². The Kier molecular flexibility index (Phi) is 7.19. The number of aryl methyl sites for hydroxylation is 2. The van der Waals surface area contributed by atoms with E-state index in [1.165, 1.54) is 0 Å². The van der Waals surface area contributed by atoms with Gasteiger partial charge in [0, 0.05) is 25.0 Å². The zero-order valence-electron chi connectivity index (χ0n) is 12.3. The van der Waals surface area contributed by atoms with Gasteiger partial charge in [0.2, 0.25) is 0 Å². The SMILES string of the molecule is CCC(CC)C(Cl)CNCc1c(Cl)c(C)nn1CC. The van der Waals surface area contributed by atoms with Gasteiger partial charge in [0.05, 0.1) is 16.4 Å². The van der Waals surface area contributed by atoms with Crippen LogP contribution in [0.1, 0.15) is 45.0 Å². The van der Waals surface area contributed by atoms with Crippen LogP contribution < -0.4 is 5.32 Å². The van der Waals surface area contributed by atoms with Crippen molar-refractivity contribution in [3.63, 3.8) is 0 Å². The van der Waals surface area contributed by atoms with Crippen LogP contribution in [0, 0.1) is 12.8 Å². The highest BCUT2D eigenvalue weighted by atomic mass is 35.5. The average molecular weight is 306 g/mol. The van der Waals surface area contributed by atoms with E-state index in [2.05, 4.69) is 31.2 Å². The lowest BCUT2D eigenvalue weighted by molar-refractivity contribution is 0.442. The molecule has 0 fully saturated rings. The van der Waals surface area contributed by atoms with E-state index in [0.29, 0.717) is 5.92 Å². The number of nitrogens with one attached hydrogen (secondary N) is 1. The molecule has 19 heavy (non-hydrogen) atoms. The molecular weight excluding hydrogens is 281 g/mol. The van der Waals surface area contributed by atoms with Crippen LogP contribution >= 0.6 is 23.2 Å². The number of aromatic nitrogens is 2. The third-order valence-corrected chi connectivity index (χ3v) is 4.65. The molecule has 1 aromatic heterocycles. The van der Waals surface area contributed by atoms with E-state index in [4.69, 9.17) is 23.2 Å². The third-order valence-electron chi connectivity index (χ3n) is 3.64. The highest BCUT2D eigenvalue weighted by Crippen LogP contribution is 2.21. The van der Waals surface area contributed by atoms with Gasteiger partial charge in [0.15, 0.2) is 0 Å². The third kappa shape index (κ3) is 4.37. The average Bonchev–Trinajstić information content (AvgIpc) is 2.67. The van der Waals surface area contributed by atoms with Crippen molar-refractivity contribution in [1.82, 2.24) is 15.1 Å². The lowest BCUT2D eigenvalue weighted by atomic mass is 9.99. The van der Waals surface area contributed by atoms with E-state index < -0.39 is 0 Å². The molecule has 1 rings (SSSR count). The Labute approximate surface area is 126 Å². The van der Waals surface area contributed by atoms with Gasteiger partial charge in [0.25, 0.3) is 0 Å². The van der Waals surface area contributed by atoms with E-state index in [-0.39, 0.29) is 5.38 Å². The summed E-state index contributed by atoms with van der Waals surface area (Å²) >= 11 is 12.7. The maximum Gasteiger partial charge on any atom is 0.0860 e. The predicted octanol–water partition coefficient (Wildman–Crippen LogP) is 4.00. The van der Waals surface area contributed by atoms with Gasteiger partial charge in [-0.2, -0.15) is 5.10 Å². The number of nitrogens with zero attached hydrogens (tertiary/aromatic N) is 2. The molecule has 1 atom stereocenters. The predicted molar refractivity (Wildman–Crippen MR) is 83.1 cm³/mol. The molecule has 5 heteroatoms. The van der Waals surface area contributed by atoms with Crippen molar-refractivity contribution in [1.29, 1.82) is 0 Å². The van der Waals surface area contributed by atoms with E-state index in [9.17, 15) is 0 Å². The molecule has 0 spiro atoms. The maximum absolute atomic E-state index is 6.41. The molecule has 1 aromatic rings. The van der Waals surface area contributed by atoms with Crippen LogP contribution in [0.2, 0.25) is 5.02 Å². The van der Waals surface area contributed by atoms with E-state index in [1.807, 2.05) is 11.6 Å². The molecule has 0 aliphatic rings. The van der Waals surface area contributed by atoms with Gasteiger partial charge < -0.3 is 5.32 Å². The molecule has 0 aromatic carbocycles. The second kappa shape index (κ2) is 8.13. The number of rotatable bonds is 8. The van der Waals surface area contributed by atoms with Crippen molar-refractivity contribution in [2.24, 2.45) is 5.92 Å². The molecule has 0 bridgehead atoms. The van der Waals surface area contributed by atoms with Gasteiger partial charge in [0.1, 0.15) is 0 Å². The first-order valence-corrected chi connectivity index (χ1v) is 7.93. The van der Waals surface area contributed by atoms with E-state index >= 15 is 0 Å². The Balaban J connectivity index is 2.53. The van der Waals surface area contributed by atoms with Crippen LogP contribution in [0.25, 0.3) is 0 Å². The van der Waals surface area contributed by atoms with Crippen LogP contribution in [0.4, 0.5) is 0 Å². The lowest BCUT2D eigenvalue weighted by Gasteiger charge is -2.19. The van der Waals surface area contributed by atoms with Gasteiger partial charge in [-0.25, -0.2) is 0 Å². The fourth-order valence-corrected chi connectivity index (χ4v) is 3.00. The minimum absolute atomic E-state index is 0.174. The highest BCUT2D eigenvalue weighted by Gasteiger charge is 2.16. The van der Waals surface area contributed by atoms with Gasteiger partial charge in [-0.1, -0.05) is 38.3 Å². The summed E-state index contributed by atoms with van der Waals surface area (Å²) in [6, 6.07) is 0. The maximum atomic E-state index is 6.41. The second-order valence-corrected chi connectivity index (χ2v) is 5.82. The largest absolute Gasteiger partial charge is 0.310 e. The first kappa shape index (κ1) is 16.8. The molecule has 1 N–H and O–H groups in total. The minimum Gasteiger partial charge on any atom is -0.310 e. The van der Waals surface area contributed by atoms with Crippen LogP contribution in [-0.4, -0.2) is 21.7 Å². The summed E-state index contributed by atoms with van der Waals surface area (Å²) in [6.45, 7) is 10.7. The zero-order valence-corrected chi connectivity index (χ0v) is 13.9. The van der Waals surface area contributed by atoms with Crippen molar-refractivity contribution in [2.75, 3.05) is 6.54 Å². The molecule has 0 saturated heterocycles. The number of halogens is 2. The second-order valence-electron chi connectivity index (χ2n) is 4.89. The minimum atomic E-state index is 0.174. The monoisotopic (exact) mass is 305 g/mol. The van der Waals surface area contributed by atoms with Gasteiger partial charge in [-0.15, -0.1) is 11.6 Å². The summed E-state index contributed by atoms with van der Waals surface area (Å²) in [5.74, 6) is 0.572. The summed E-state index contributed by atoms with van der Waals surface area (Å²) in [4.78, 5) is 0. The van der Waals surface area contributed by atoms with Crippen LogP contribution in [0.3, 0.4) is 0 Å². The topological polar surface area (TPSA) is 29.9 Å². The summed E-state index contributed by atoms with van der Waals surface area (Å²) in [5, 5.41) is 8.75. The smallest absolute Gasteiger partial charge is 0.0860 e. The number of hydrogen-bond acceptors (Lipinski definition) is 2. The molecule has 0 aliphatic carbocycles. The summed E-state index contributed by atoms with van der Waals surface area (Å²) < 4.78 is 1.95. The van der Waals surface area contributed by atoms with E-state index in [0.717, 1.165) is 48.9 Å². The number of hydrogen-bond donors (Lipinski definition) is 1. The Hall–Kier alpha value is -0.250. The molecule has 1 heterocycles. The molecule has 0 amide bonds. The Morgan fingerprint density at radius 2 is 1.89 bits per heavy atom. The molecule has 0 radical (unpaired) electrons. The fraction of sp³-hybridized carbons (Fsp3) is 0.786. The van der Waals surface area contributed by atoms with Crippen molar-refractivity contribution < 1.29 is 0 Å². The Bertz CT molecular complexity index is 386. The molecule has 110 valence electrons. The van der Waals surface area contributed by atoms with Gasteiger partial charge >= 0.3 is 0 Å². The summed E-state index contributed by atoms with van der Waals surface area (Å²) in [5.41, 5.74) is 1.94. The Morgan fingerprint density at radius 1 is 1.26 bits per heavy atom. The highest BCUT2D eigenvalue weighted by molar-refractivity contribution is 6.31. The van der Waals surface area contributed by atoms with Gasteiger partial charge in [-0.05, 0) is 19.8 Å². The molecule has 1 unspecified atom stereocenters. The van der Waals surface area contributed by atoms with Crippen molar-refractivity contribution in [3.05, 3.63) is 16.4 Å². The molecule has 0 aliphatic heterocycles. The van der Waals surface area contributed by atoms with E-state index in [1.54, 1.807) is 0 Å². The molecular formula is C14H25Cl2N3. The van der Waals surface area contributed by atoms with Crippen LogP contribution in [-0.2, 0) is 13.1 Å². The van der Waals surface area contributed by atoms with Gasteiger partial charge in [-0.3, -0.25) is 4.68 Å². The fourth-order valence-electron chi connectivity index (χ4n) is 2.33. The summed E-state index contributed by atoms with van der Waals surface area (Å²) in [7, 11) is 0. The zero-order chi connectivity index (χ0) is 14.4. The van der Waals surface area contributed by atoms with Crippen molar-refractivity contribution >= 4 is 23.2 Å². The van der Waals surface area contributed by atoms with Crippen molar-refractivity contribution in [3.8, 4) is 0 Å². The number of alkyl halides is 1. The quantitative estimate of drug-likeness (QED) is 0.736. The molecule has 0 saturated carbocycles. The normalized spacial score (nSPS) is 13.2. The first-order valence-electron chi connectivity index (χ1n) is 7.11. The standard InChI is InChI=1S/C14H25Cl2N3/c1-5-11(6-2)12(15)8-17-9-13-14(16)10(4)18-19(13)7-3/h11-12,17H,5-9H2,1-4H3. The van der Waals surface area contributed by atoms with Crippen LogP contribution in [0.5, 0.6) is 0 Å². The first-order chi connectivity index (χ1) is 9.04.